The molecule has 26 heavy (non-hydrogen) atoms. The Morgan fingerprint density at radius 3 is 2.88 bits per heavy atom. The summed E-state index contributed by atoms with van der Waals surface area (Å²) in [6.45, 7) is 3.34. The van der Waals surface area contributed by atoms with E-state index in [-0.39, 0.29) is 5.91 Å². The molecule has 0 N–H and O–H groups in total. The van der Waals surface area contributed by atoms with E-state index in [4.69, 9.17) is 4.42 Å². The van der Waals surface area contributed by atoms with Crippen LogP contribution in [0.2, 0.25) is 0 Å². The van der Waals surface area contributed by atoms with Crippen LogP contribution >= 0.6 is 0 Å². The van der Waals surface area contributed by atoms with Gasteiger partial charge in [0, 0.05) is 51.0 Å². The Morgan fingerprint density at radius 1 is 1.15 bits per heavy atom. The van der Waals surface area contributed by atoms with E-state index in [9.17, 15) is 4.79 Å². The van der Waals surface area contributed by atoms with E-state index in [0.29, 0.717) is 12.8 Å². The SMILES string of the molecule is O=C(CCc1ccco1)N1CCc2ncnc(N3CC=CCC3)c2CC1. The first kappa shape index (κ1) is 16.8. The first-order valence-electron chi connectivity index (χ1n) is 9.34. The van der Waals surface area contributed by atoms with Crippen LogP contribution in [0, 0.1) is 0 Å². The Morgan fingerprint density at radius 2 is 2.08 bits per heavy atom. The van der Waals surface area contributed by atoms with Gasteiger partial charge in [-0.1, -0.05) is 12.2 Å². The number of carbonyl (C=O) groups is 1. The van der Waals surface area contributed by atoms with E-state index in [0.717, 1.165) is 62.7 Å². The normalized spacial score (nSPS) is 17.1. The molecule has 0 fully saturated rings. The van der Waals surface area contributed by atoms with E-state index in [1.165, 1.54) is 5.56 Å². The topological polar surface area (TPSA) is 62.5 Å². The lowest BCUT2D eigenvalue weighted by molar-refractivity contribution is -0.131. The van der Waals surface area contributed by atoms with Crippen LogP contribution in [0.3, 0.4) is 0 Å². The highest BCUT2D eigenvalue weighted by molar-refractivity contribution is 5.76. The molecule has 6 heteroatoms. The minimum atomic E-state index is 0.185. The van der Waals surface area contributed by atoms with Crippen LogP contribution in [0.15, 0.2) is 41.3 Å². The Bertz CT molecular complexity index is 785. The number of nitrogens with zero attached hydrogens (tertiary/aromatic N) is 4. The molecular weight excluding hydrogens is 328 g/mol. The van der Waals surface area contributed by atoms with Gasteiger partial charge in [0.15, 0.2) is 0 Å². The predicted octanol–water partition coefficient (Wildman–Crippen LogP) is 2.40. The summed E-state index contributed by atoms with van der Waals surface area (Å²) >= 11 is 0. The molecule has 0 saturated carbocycles. The third kappa shape index (κ3) is 3.64. The third-order valence-corrected chi connectivity index (χ3v) is 5.14. The van der Waals surface area contributed by atoms with Gasteiger partial charge >= 0.3 is 0 Å². The summed E-state index contributed by atoms with van der Waals surface area (Å²) in [7, 11) is 0. The van der Waals surface area contributed by atoms with Gasteiger partial charge in [-0.25, -0.2) is 9.97 Å². The number of furan rings is 1. The van der Waals surface area contributed by atoms with E-state index in [1.807, 2.05) is 17.0 Å². The second kappa shape index (κ2) is 7.72. The number of carbonyl (C=O) groups excluding carboxylic acids is 1. The minimum absolute atomic E-state index is 0.185. The highest BCUT2D eigenvalue weighted by atomic mass is 16.3. The second-order valence-corrected chi connectivity index (χ2v) is 6.79. The molecule has 4 heterocycles. The van der Waals surface area contributed by atoms with Crippen LogP contribution < -0.4 is 4.90 Å². The van der Waals surface area contributed by atoms with Crippen LogP contribution in [-0.4, -0.2) is 47.0 Å². The van der Waals surface area contributed by atoms with Crippen molar-refractivity contribution < 1.29 is 9.21 Å². The van der Waals surface area contributed by atoms with Crippen LogP contribution in [0.1, 0.15) is 29.9 Å². The molecule has 0 radical (unpaired) electrons. The maximum absolute atomic E-state index is 12.6. The maximum atomic E-state index is 12.6. The molecule has 2 aliphatic rings. The molecule has 6 nitrogen and oxygen atoms in total. The van der Waals surface area contributed by atoms with Gasteiger partial charge in [0.2, 0.25) is 5.91 Å². The maximum Gasteiger partial charge on any atom is 0.223 e. The molecular formula is C20H24N4O2. The average Bonchev–Trinajstić information content (AvgIpc) is 3.11. The summed E-state index contributed by atoms with van der Waals surface area (Å²) in [5.74, 6) is 2.09. The van der Waals surface area contributed by atoms with Crippen molar-refractivity contribution in [2.75, 3.05) is 31.1 Å². The second-order valence-electron chi connectivity index (χ2n) is 6.79. The van der Waals surface area contributed by atoms with E-state index >= 15 is 0 Å². The van der Waals surface area contributed by atoms with E-state index in [1.54, 1.807) is 12.6 Å². The zero-order valence-electron chi connectivity index (χ0n) is 14.9. The fourth-order valence-corrected chi connectivity index (χ4v) is 3.71. The Hall–Kier alpha value is -2.63. The molecule has 4 rings (SSSR count). The van der Waals surface area contributed by atoms with Crippen molar-refractivity contribution in [3.05, 3.63) is 53.9 Å². The van der Waals surface area contributed by atoms with Crippen molar-refractivity contribution >= 4 is 11.7 Å². The number of anilines is 1. The monoisotopic (exact) mass is 352 g/mol. The van der Waals surface area contributed by atoms with Crippen molar-refractivity contribution in [2.24, 2.45) is 0 Å². The van der Waals surface area contributed by atoms with Crippen molar-refractivity contribution in [3.8, 4) is 0 Å². The smallest absolute Gasteiger partial charge is 0.223 e. The zero-order chi connectivity index (χ0) is 17.8. The molecule has 2 aromatic heterocycles. The van der Waals surface area contributed by atoms with Gasteiger partial charge in [0.05, 0.1) is 12.0 Å². The van der Waals surface area contributed by atoms with E-state index < -0.39 is 0 Å². The summed E-state index contributed by atoms with van der Waals surface area (Å²) in [5, 5.41) is 0. The molecule has 1 amide bonds. The Kier molecular flexibility index (Phi) is 5.00. The number of aromatic nitrogens is 2. The summed E-state index contributed by atoms with van der Waals surface area (Å²) in [4.78, 5) is 26.0. The molecule has 0 saturated heterocycles. The fourth-order valence-electron chi connectivity index (χ4n) is 3.71. The van der Waals surface area contributed by atoms with Gasteiger partial charge in [-0.3, -0.25) is 4.79 Å². The molecule has 0 spiro atoms. The van der Waals surface area contributed by atoms with Crippen molar-refractivity contribution in [1.29, 1.82) is 0 Å². The average molecular weight is 352 g/mol. The van der Waals surface area contributed by atoms with Gasteiger partial charge in [-0.05, 0) is 25.0 Å². The highest BCUT2D eigenvalue weighted by Gasteiger charge is 2.23. The molecule has 136 valence electrons. The highest BCUT2D eigenvalue weighted by Crippen LogP contribution is 2.25. The Balaban J connectivity index is 1.43. The molecule has 0 unspecified atom stereocenters. The molecule has 0 atom stereocenters. The van der Waals surface area contributed by atoms with E-state index in [2.05, 4.69) is 27.0 Å². The molecule has 2 aliphatic heterocycles. The van der Waals surface area contributed by atoms with Crippen LogP contribution in [-0.2, 0) is 24.1 Å². The molecule has 2 aromatic rings. The molecule has 0 bridgehead atoms. The number of aryl methyl sites for hydroxylation is 1. The van der Waals surface area contributed by atoms with Gasteiger partial charge in [-0.2, -0.15) is 0 Å². The van der Waals surface area contributed by atoms with Crippen LogP contribution in [0.5, 0.6) is 0 Å². The molecule has 0 aromatic carbocycles. The number of rotatable bonds is 4. The summed E-state index contributed by atoms with van der Waals surface area (Å²) < 4.78 is 5.33. The van der Waals surface area contributed by atoms with Crippen LogP contribution in [0.4, 0.5) is 5.82 Å². The van der Waals surface area contributed by atoms with Gasteiger partial charge in [0.1, 0.15) is 17.9 Å². The number of hydrogen-bond acceptors (Lipinski definition) is 5. The van der Waals surface area contributed by atoms with Gasteiger partial charge in [-0.15, -0.1) is 0 Å². The summed E-state index contributed by atoms with van der Waals surface area (Å²) in [6.07, 6.45) is 11.5. The standard InChI is InChI=1S/C20H24N4O2/c25-19(7-6-16-5-4-14-26-16)23-12-8-17-18(9-13-23)21-15-22-20(17)24-10-2-1-3-11-24/h1-2,4-5,14-15H,3,6-13H2. The third-order valence-electron chi connectivity index (χ3n) is 5.14. The number of amides is 1. The first-order chi connectivity index (χ1) is 12.8. The lowest BCUT2D eigenvalue weighted by Gasteiger charge is -2.27. The first-order valence-corrected chi connectivity index (χ1v) is 9.34. The summed E-state index contributed by atoms with van der Waals surface area (Å²) in [6, 6.07) is 3.78. The number of fused-ring (bicyclic) bond motifs is 1. The van der Waals surface area contributed by atoms with Crippen molar-refractivity contribution in [3.63, 3.8) is 0 Å². The lowest BCUT2D eigenvalue weighted by atomic mass is 10.1. The minimum Gasteiger partial charge on any atom is -0.469 e. The van der Waals surface area contributed by atoms with Crippen LogP contribution in [0.25, 0.3) is 0 Å². The van der Waals surface area contributed by atoms with Crippen molar-refractivity contribution in [2.45, 2.75) is 32.1 Å². The lowest BCUT2D eigenvalue weighted by Crippen LogP contribution is -2.33. The molecule has 0 aliphatic carbocycles. The van der Waals surface area contributed by atoms with Gasteiger partial charge in [0.25, 0.3) is 0 Å². The quantitative estimate of drug-likeness (QED) is 0.791. The number of hydrogen-bond donors (Lipinski definition) is 0. The fraction of sp³-hybridized carbons (Fsp3) is 0.450. The zero-order valence-corrected chi connectivity index (χ0v) is 14.9. The largest absolute Gasteiger partial charge is 0.469 e. The predicted molar refractivity (Wildman–Crippen MR) is 99.0 cm³/mol. The van der Waals surface area contributed by atoms with Crippen molar-refractivity contribution in [1.82, 2.24) is 14.9 Å². The summed E-state index contributed by atoms with van der Waals surface area (Å²) in [5.41, 5.74) is 2.30. The van der Waals surface area contributed by atoms with Gasteiger partial charge < -0.3 is 14.2 Å². The Labute approximate surface area is 153 Å².